The van der Waals surface area contributed by atoms with Gasteiger partial charge in [-0.1, -0.05) is 6.07 Å². The van der Waals surface area contributed by atoms with Gasteiger partial charge in [-0.15, -0.1) is 0 Å². The summed E-state index contributed by atoms with van der Waals surface area (Å²) in [5, 5.41) is 22.5. The number of para-hydroxylation sites is 1. The van der Waals surface area contributed by atoms with E-state index in [1.807, 2.05) is 0 Å². The Labute approximate surface area is 108 Å². The molecule has 0 saturated carbocycles. The molecule has 1 rings (SSSR count). The van der Waals surface area contributed by atoms with E-state index in [0.29, 0.717) is 0 Å². The number of benzene rings is 1. The molecule has 0 heterocycles. The van der Waals surface area contributed by atoms with Crippen LogP contribution < -0.4 is 11.1 Å². The molecule has 0 aromatic heterocycles. The van der Waals surface area contributed by atoms with E-state index in [9.17, 15) is 19.7 Å². The fraction of sp³-hybridized carbons (Fsp3) is 0.273. The Bertz CT molecular complexity index is 497. The van der Waals surface area contributed by atoms with Crippen molar-refractivity contribution in [3.8, 4) is 0 Å². The zero-order chi connectivity index (χ0) is 14.6. The second-order valence-electron chi connectivity index (χ2n) is 3.98. The first kappa shape index (κ1) is 14.4. The van der Waals surface area contributed by atoms with Gasteiger partial charge in [-0.3, -0.25) is 14.9 Å². The molecular formula is C11H13N3O5. The summed E-state index contributed by atoms with van der Waals surface area (Å²) in [5.41, 5.74) is 4.29. The van der Waals surface area contributed by atoms with Gasteiger partial charge < -0.3 is 16.2 Å². The van der Waals surface area contributed by atoms with Crippen molar-refractivity contribution >= 4 is 23.3 Å². The van der Waals surface area contributed by atoms with Crippen molar-refractivity contribution in [1.29, 1.82) is 0 Å². The maximum atomic E-state index is 11.0. The van der Waals surface area contributed by atoms with E-state index < -0.39 is 22.8 Å². The van der Waals surface area contributed by atoms with E-state index in [0.717, 1.165) is 0 Å². The van der Waals surface area contributed by atoms with E-state index in [-0.39, 0.29) is 23.4 Å². The van der Waals surface area contributed by atoms with Crippen LogP contribution in [0.15, 0.2) is 18.2 Å². The van der Waals surface area contributed by atoms with Crippen LogP contribution >= 0.6 is 0 Å². The zero-order valence-corrected chi connectivity index (χ0v) is 10.1. The molecule has 0 bridgehead atoms. The third-order valence-corrected chi connectivity index (χ3v) is 2.37. The fourth-order valence-electron chi connectivity index (χ4n) is 1.62. The van der Waals surface area contributed by atoms with Gasteiger partial charge in [-0.2, -0.15) is 0 Å². The summed E-state index contributed by atoms with van der Waals surface area (Å²) >= 11 is 0. The highest BCUT2D eigenvalue weighted by atomic mass is 16.6. The van der Waals surface area contributed by atoms with E-state index >= 15 is 0 Å². The van der Waals surface area contributed by atoms with Crippen molar-refractivity contribution < 1.29 is 19.6 Å². The highest BCUT2D eigenvalue weighted by Crippen LogP contribution is 2.29. The molecule has 0 aliphatic heterocycles. The number of rotatable bonds is 6. The topological polar surface area (TPSA) is 136 Å². The standard InChI is InChI=1S/C11H13N3O5/c1-6(5-9(12)15)13-10-7(11(16)17)3-2-4-8(10)14(18)19/h2-4,6,13H,5H2,1H3,(H2,12,15)(H,16,17). The van der Waals surface area contributed by atoms with Crippen LogP contribution in [0.2, 0.25) is 0 Å². The minimum Gasteiger partial charge on any atom is -0.478 e. The number of primary amides is 1. The summed E-state index contributed by atoms with van der Waals surface area (Å²) in [7, 11) is 0. The molecule has 1 atom stereocenters. The van der Waals surface area contributed by atoms with Crippen LogP contribution in [0.25, 0.3) is 0 Å². The molecule has 1 aromatic rings. The Hall–Kier alpha value is -2.64. The second-order valence-corrected chi connectivity index (χ2v) is 3.98. The Kier molecular flexibility index (Phi) is 4.41. The number of nitrogens with zero attached hydrogens (tertiary/aromatic N) is 1. The molecule has 0 aliphatic carbocycles. The molecule has 0 aliphatic rings. The Morgan fingerprint density at radius 2 is 2.16 bits per heavy atom. The zero-order valence-electron chi connectivity index (χ0n) is 10.1. The quantitative estimate of drug-likeness (QED) is 0.519. The summed E-state index contributed by atoms with van der Waals surface area (Å²) in [6, 6.07) is 3.20. The van der Waals surface area contributed by atoms with Crippen LogP contribution in [0.3, 0.4) is 0 Å². The molecule has 102 valence electrons. The summed E-state index contributed by atoms with van der Waals surface area (Å²) in [4.78, 5) is 32.0. The predicted molar refractivity (Wildman–Crippen MR) is 67.0 cm³/mol. The van der Waals surface area contributed by atoms with Gasteiger partial charge in [0, 0.05) is 18.5 Å². The lowest BCUT2D eigenvalue weighted by Gasteiger charge is -2.15. The second kappa shape index (κ2) is 5.80. The van der Waals surface area contributed by atoms with Gasteiger partial charge in [0.1, 0.15) is 5.69 Å². The number of carboxylic acid groups (broad SMARTS) is 1. The van der Waals surface area contributed by atoms with Gasteiger partial charge in [-0.05, 0) is 13.0 Å². The minimum absolute atomic E-state index is 0.0644. The average molecular weight is 267 g/mol. The van der Waals surface area contributed by atoms with Gasteiger partial charge in [0.25, 0.3) is 5.69 Å². The van der Waals surface area contributed by atoms with E-state index in [4.69, 9.17) is 10.8 Å². The third-order valence-electron chi connectivity index (χ3n) is 2.37. The van der Waals surface area contributed by atoms with Crippen LogP contribution in [-0.2, 0) is 4.79 Å². The highest BCUT2D eigenvalue weighted by Gasteiger charge is 2.22. The van der Waals surface area contributed by atoms with Crippen LogP contribution in [0.5, 0.6) is 0 Å². The van der Waals surface area contributed by atoms with Crippen LogP contribution in [0, 0.1) is 10.1 Å². The van der Waals surface area contributed by atoms with Gasteiger partial charge in [0.15, 0.2) is 0 Å². The lowest BCUT2D eigenvalue weighted by molar-refractivity contribution is -0.384. The number of nitro benzene ring substituents is 1. The first-order chi connectivity index (χ1) is 8.82. The monoisotopic (exact) mass is 267 g/mol. The molecule has 0 fully saturated rings. The van der Waals surface area contributed by atoms with Crippen molar-refractivity contribution in [1.82, 2.24) is 0 Å². The lowest BCUT2D eigenvalue weighted by Crippen LogP contribution is -2.25. The van der Waals surface area contributed by atoms with Gasteiger partial charge in [-0.25, -0.2) is 4.79 Å². The van der Waals surface area contributed by atoms with Crippen molar-refractivity contribution in [3.05, 3.63) is 33.9 Å². The first-order valence-electron chi connectivity index (χ1n) is 5.38. The van der Waals surface area contributed by atoms with Crippen molar-refractivity contribution in [2.24, 2.45) is 5.73 Å². The molecule has 4 N–H and O–H groups in total. The van der Waals surface area contributed by atoms with Crippen molar-refractivity contribution in [2.75, 3.05) is 5.32 Å². The van der Waals surface area contributed by atoms with E-state index in [2.05, 4.69) is 5.32 Å². The molecule has 1 aromatic carbocycles. The van der Waals surface area contributed by atoms with Gasteiger partial charge in [0.2, 0.25) is 5.91 Å². The fourth-order valence-corrected chi connectivity index (χ4v) is 1.62. The first-order valence-corrected chi connectivity index (χ1v) is 5.38. The van der Waals surface area contributed by atoms with E-state index in [1.54, 1.807) is 6.92 Å². The largest absolute Gasteiger partial charge is 0.478 e. The summed E-state index contributed by atoms with van der Waals surface area (Å²) in [6.07, 6.45) is -0.0644. The van der Waals surface area contributed by atoms with Crippen LogP contribution in [0.1, 0.15) is 23.7 Å². The normalized spacial score (nSPS) is 11.6. The molecule has 0 radical (unpaired) electrons. The number of nitrogens with two attached hydrogens (primary N) is 1. The molecule has 8 heteroatoms. The lowest BCUT2D eigenvalue weighted by atomic mass is 10.1. The van der Waals surface area contributed by atoms with Crippen LogP contribution in [0.4, 0.5) is 11.4 Å². The minimum atomic E-state index is -1.29. The Morgan fingerprint density at radius 3 is 2.63 bits per heavy atom. The SMILES string of the molecule is CC(CC(N)=O)Nc1c(C(=O)O)cccc1[N+](=O)[O-]. The van der Waals surface area contributed by atoms with Gasteiger partial charge >= 0.3 is 5.97 Å². The highest BCUT2D eigenvalue weighted by molar-refractivity contribution is 5.97. The van der Waals surface area contributed by atoms with Crippen LogP contribution in [-0.4, -0.2) is 27.9 Å². The average Bonchev–Trinajstić information content (AvgIpc) is 2.27. The van der Waals surface area contributed by atoms with Crippen molar-refractivity contribution in [2.45, 2.75) is 19.4 Å². The maximum absolute atomic E-state index is 11.0. The van der Waals surface area contributed by atoms with E-state index in [1.165, 1.54) is 18.2 Å². The number of hydrogen-bond donors (Lipinski definition) is 3. The van der Waals surface area contributed by atoms with Gasteiger partial charge in [0.05, 0.1) is 10.5 Å². The number of nitro groups is 1. The summed E-state index contributed by atoms with van der Waals surface area (Å²) in [6.45, 7) is 1.58. The Morgan fingerprint density at radius 1 is 1.53 bits per heavy atom. The number of aromatic carboxylic acids is 1. The van der Waals surface area contributed by atoms with Crippen molar-refractivity contribution in [3.63, 3.8) is 0 Å². The number of carbonyl (C=O) groups is 2. The molecule has 0 saturated heterocycles. The number of hydrogen-bond acceptors (Lipinski definition) is 5. The number of anilines is 1. The molecule has 0 spiro atoms. The predicted octanol–water partition coefficient (Wildman–Crippen LogP) is 0.969. The molecule has 1 amide bonds. The number of carboxylic acids is 1. The summed E-state index contributed by atoms with van der Waals surface area (Å²) in [5.74, 6) is -1.88. The number of nitrogens with one attached hydrogen (secondary N) is 1. The smallest absolute Gasteiger partial charge is 0.338 e. The third kappa shape index (κ3) is 3.66. The molecule has 8 nitrogen and oxygen atoms in total. The Balaban J connectivity index is 3.18. The molecule has 1 unspecified atom stereocenters. The summed E-state index contributed by atoms with van der Waals surface area (Å²) < 4.78 is 0. The molecular weight excluding hydrogens is 254 g/mol. The maximum Gasteiger partial charge on any atom is 0.338 e. The number of carbonyl (C=O) groups excluding carboxylic acids is 1. The number of amides is 1. The molecule has 19 heavy (non-hydrogen) atoms.